The Labute approximate surface area is 117 Å². The number of hydrogen-bond acceptors (Lipinski definition) is 2. The molecule has 0 saturated heterocycles. The third-order valence-corrected chi connectivity index (χ3v) is 3.19. The van der Waals surface area contributed by atoms with E-state index in [1.54, 1.807) is 30.3 Å². The van der Waals surface area contributed by atoms with Crippen molar-refractivity contribution in [2.24, 2.45) is 0 Å². The molecule has 2 nitrogen and oxygen atoms in total. The van der Waals surface area contributed by atoms with Crippen LogP contribution in [0.15, 0.2) is 36.4 Å². The van der Waals surface area contributed by atoms with Crippen LogP contribution in [0.25, 0.3) is 0 Å². The van der Waals surface area contributed by atoms with Crippen molar-refractivity contribution in [3.05, 3.63) is 59.2 Å². The van der Waals surface area contributed by atoms with Crippen LogP contribution >= 0.6 is 0 Å². The monoisotopic (exact) mass is 278 g/mol. The molecular weight excluding hydrogens is 262 g/mol. The van der Waals surface area contributed by atoms with E-state index in [0.717, 1.165) is 0 Å². The molecule has 0 atom stereocenters. The fraction of sp³-hybridized carbons (Fsp3) is 0.250. The van der Waals surface area contributed by atoms with E-state index in [-0.39, 0.29) is 17.4 Å². The maximum absolute atomic E-state index is 14.0. The number of methoxy groups -OCH3 is 2. The van der Waals surface area contributed by atoms with Crippen LogP contribution in [0.1, 0.15) is 11.1 Å². The predicted molar refractivity (Wildman–Crippen MR) is 73.3 cm³/mol. The number of rotatable bonds is 5. The fourth-order valence-corrected chi connectivity index (χ4v) is 2.03. The number of ether oxygens (including phenoxy) is 2. The average molecular weight is 278 g/mol. The number of aryl methyl sites for hydroxylation is 2. The van der Waals surface area contributed by atoms with Gasteiger partial charge in [0.05, 0.1) is 14.2 Å². The van der Waals surface area contributed by atoms with Gasteiger partial charge in [0.15, 0.2) is 11.6 Å². The Balaban J connectivity index is 2.13. The average Bonchev–Trinajstić information content (AvgIpc) is 2.47. The molecule has 106 valence electrons. The first-order valence-electron chi connectivity index (χ1n) is 6.29. The molecule has 0 aliphatic heterocycles. The zero-order valence-corrected chi connectivity index (χ0v) is 11.5. The molecule has 4 heteroatoms. The van der Waals surface area contributed by atoms with Crippen LogP contribution in [0.3, 0.4) is 0 Å². The smallest absolute Gasteiger partial charge is 0.168 e. The van der Waals surface area contributed by atoms with Crippen LogP contribution in [-0.4, -0.2) is 14.2 Å². The van der Waals surface area contributed by atoms with Crippen molar-refractivity contribution in [1.82, 2.24) is 0 Å². The maximum atomic E-state index is 14.0. The van der Waals surface area contributed by atoms with Gasteiger partial charge < -0.3 is 9.47 Å². The first kappa shape index (κ1) is 14.3. The predicted octanol–water partition coefficient (Wildman–Crippen LogP) is 3.77. The third kappa shape index (κ3) is 3.07. The van der Waals surface area contributed by atoms with Crippen molar-refractivity contribution in [2.45, 2.75) is 12.8 Å². The summed E-state index contributed by atoms with van der Waals surface area (Å²) in [5, 5.41) is 0. The molecule has 2 aromatic rings. The summed E-state index contributed by atoms with van der Waals surface area (Å²) in [4.78, 5) is 0. The van der Waals surface area contributed by atoms with Crippen molar-refractivity contribution in [3.8, 4) is 11.5 Å². The van der Waals surface area contributed by atoms with E-state index in [0.29, 0.717) is 29.7 Å². The van der Waals surface area contributed by atoms with Crippen molar-refractivity contribution in [2.75, 3.05) is 14.2 Å². The highest BCUT2D eigenvalue weighted by Gasteiger charge is 2.10. The summed E-state index contributed by atoms with van der Waals surface area (Å²) in [6.07, 6.45) is 0.826. The lowest BCUT2D eigenvalue weighted by Crippen LogP contribution is -1.99. The van der Waals surface area contributed by atoms with Gasteiger partial charge in [0.25, 0.3) is 0 Å². The zero-order valence-electron chi connectivity index (χ0n) is 11.5. The standard InChI is InChI=1S/C16H16F2O2/c1-19-13-9-8-11(14(17)10-13)6-7-12-4-3-5-15(20-2)16(12)18/h3-5,8-10H,6-7H2,1-2H3. The minimum absolute atomic E-state index is 0.206. The molecule has 0 saturated carbocycles. The van der Waals surface area contributed by atoms with Crippen LogP contribution in [0.2, 0.25) is 0 Å². The van der Waals surface area contributed by atoms with E-state index >= 15 is 0 Å². The minimum atomic E-state index is -0.385. The minimum Gasteiger partial charge on any atom is -0.497 e. The summed E-state index contributed by atoms with van der Waals surface area (Å²) in [5.74, 6) is -0.0481. The molecule has 0 aliphatic rings. The van der Waals surface area contributed by atoms with Crippen molar-refractivity contribution in [1.29, 1.82) is 0 Å². The number of benzene rings is 2. The lowest BCUT2D eigenvalue weighted by atomic mass is 10.0. The quantitative estimate of drug-likeness (QED) is 0.829. The first-order chi connectivity index (χ1) is 9.65. The lowest BCUT2D eigenvalue weighted by Gasteiger charge is -2.08. The summed E-state index contributed by atoms with van der Waals surface area (Å²) < 4.78 is 37.6. The van der Waals surface area contributed by atoms with E-state index in [1.165, 1.54) is 20.3 Å². The van der Waals surface area contributed by atoms with Gasteiger partial charge in [0.1, 0.15) is 11.6 Å². The molecule has 0 fully saturated rings. The summed E-state index contributed by atoms with van der Waals surface area (Å²) in [6, 6.07) is 9.65. The van der Waals surface area contributed by atoms with Crippen molar-refractivity contribution in [3.63, 3.8) is 0 Å². The molecule has 0 aromatic heterocycles. The SMILES string of the molecule is COc1ccc(CCc2cccc(OC)c2F)c(F)c1. The highest BCUT2D eigenvalue weighted by molar-refractivity contribution is 5.33. The van der Waals surface area contributed by atoms with Crippen LogP contribution in [0, 0.1) is 11.6 Å². The largest absolute Gasteiger partial charge is 0.497 e. The van der Waals surface area contributed by atoms with Crippen LogP contribution < -0.4 is 9.47 Å². The summed E-state index contributed by atoms with van der Waals surface area (Å²) in [6.45, 7) is 0. The van der Waals surface area contributed by atoms with Crippen molar-refractivity contribution >= 4 is 0 Å². The molecule has 2 rings (SSSR count). The van der Waals surface area contributed by atoms with Gasteiger partial charge >= 0.3 is 0 Å². The van der Waals surface area contributed by atoms with Crippen molar-refractivity contribution < 1.29 is 18.3 Å². The summed E-state index contributed by atoms with van der Waals surface area (Å²) >= 11 is 0. The van der Waals surface area contributed by atoms with Crippen LogP contribution in [0.4, 0.5) is 8.78 Å². The molecule has 0 amide bonds. The molecule has 0 unspecified atom stereocenters. The van der Waals surface area contributed by atoms with Gasteiger partial charge in [0.2, 0.25) is 0 Å². The number of halogens is 2. The molecule has 0 N–H and O–H groups in total. The third-order valence-electron chi connectivity index (χ3n) is 3.19. The Hall–Kier alpha value is -2.10. The van der Waals surface area contributed by atoms with Gasteiger partial charge in [-0.3, -0.25) is 0 Å². The fourth-order valence-electron chi connectivity index (χ4n) is 2.03. The molecule has 0 radical (unpaired) electrons. The normalized spacial score (nSPS) is 10.4. The number of hydrogen-bond donors (Lipinski definition) is 0. The summed E-state index contributed by atoms with van der Waals surface area (Å²) in [7, 11) is 2.91. The Kier molecular flexibility index (Phi) is 4.56. The molecule has 0 aliphatic carbocycles. The zero-order chi connectivity index (χ0) is 14.5. The van der Waals surface area contributed by atoms with E-state index < -0.39 is 0 Å². The maximum Gasteiger partial charge on any atom is 0.168 e. The van der Waals surface area contributed by atoms with E-state index in [4.69, 9.17) is 9.47 Å². The van der Waals surface area contributed by atoms with Gasteiger partial charge in [-0.25, -0.2) is 8.78 Å². The molecule has 2 aromatic carbocycles. The van der Waals surface area contributed by atoms with E-state index in [1.807, 2.05) is 0 Å². The molecular formula is C16H16F2O2. The molecule has 0 bridgehead atoms. The van der Waals surface area contributed by atoms with E-state index in [2.05, 4.69) is 0 Å². The topological polar surface area (TPSA) is 18.5 Å². The molecule has 0 heterocycles. The van der Waals surface area contributed by atoms with E-state index in [9.17, 15) is 8.78 Å². The first-order valence-corrected chi connectivity index (χ1v) is 6.29. The second-order valence-corrected chi connectivity index (χ2v) is 4.39. The molecule has 20 heavy (non-hydrogen) atoms. The van der Waals surface area contributed by atoms with Gasteiger partial charge in [-0.1, -0.05) is 18.2 Å². The Morgan fingerprint density at radius 3 is 2.30 bits per heavy atom. The second-order valence-electron chi connectivity index (χ2n) is 4.39. The van der Waals surface area contributed by atoms with Gasteiger partial charge in [0, 0.05) is 6.07 Å². The summed E-state index contributed by atoms with van der Waals surface area (Å²) in [5.41, 5.74) is 1.05. The Bertz CT molecular complexity index is 597. The molecule has 0 spiro atoms. The Morgan fingerprint density at radius 1 is 0.900 bits per heavy atom. The van der Waals surface area contributed by atoms with Gasteiger partial charge in [-0.05, 0) is 36.1 Å². The highest BCUT2D eigenvalue weighted by Crippen LogP contribution is 2.22. The Morgan fingerprint density at radius 2 is 1.65 bits per heavy atom. The lowest BCUT2D eigenvalue weighted by molar-refractivity contribution is 0.384. The highest BCUT2D eigenvalue weighted by atomic mass is 19.1. The van der Waals surface area contributed by atoms with Gasteiger partial charge in [-0.2, -0.15) is 0 Å². The van der Waals surface area contributed by atoms with Crippen LogP contribution in [0.5, 0.6) is 11.5 Å². The second kappa shape index (κ2) is 6.37. The van der Waals surface area contributed by atoms with Gasteiger partial charge in [-0.15, -0.1) is 0 Å². The van der Waals surface area contributed by atoms with Crippen LogP contribution in [-0.2, 0) is 12.8 Å².